The molecule has 0 atom stereocenters. The molecule has 0 unspecified atom stereocenters. The predicted octanol–water partition coefficient (Wildman–Crippen LogP) is 3.37. The number of hydrogen-bond acceptors (Lipinski definition) is 0. The average molecular weight is 146 g/mol. The third kappa shape index (κ3) is 2.29. The van der Waals surface area contributed by atoms with Gasteiger partial charge >= 0.3 is 0 Å². The van der Waals surface area contributed by atoms with Crippen molar-refractivity contribution in [2.75, 3.05) is 0 Å². The standard InChI is InChI=1S/C8H12F2/c1-5-6(7(9)10)8(2,3)4/h5H,1H2,2-4H3. The maximum Gasteiger partial charge on any atom is 0.273 e. The SMILES string of the molecule is C=CC(=C(F)F)C(C)(C)C. The van der Waals surface area contributed by atoms with Crippen LogP contribution in [0.25, 0.3) is 0 Å². The molecule has 0 aromatic rings. The van der Waals surface area contributed by atoms with E-state index >= 15 is 0 Å². The van der Waals surface area contributed by atoms with Gasteiger partial charge in [-0.25, -0.2) is 0 Å². The first-order valence-electron chi connectivity index (χ1n) is 3.07. The van der Waals surface area contributed by atoms with Gasteiger partial charge in [-0.15, -0.1) is 0 Å². The van der Waals surface area contributed by atoms with Crippen LogP contribution in [0.15, 0.2) is 24.3 Å². The van der Waals surface area contributed by atoms with Crippen molar-refractivity contribution in [3.05, 3.63) is 24.3 Å². The molecule has 2 heteroatoms. The molecule has 0 nitrogen and oxygen atoms in total. The summed E-state index contributed by atoms with van der Waals surface area (Å²) in [5, 5.41) is 0. The molecule has 0 fully saturated rings. The topological polar surface area (TPSA) is 0 Å². The highest BCUT2D eigenvalue weighted by molar-refractivity contribution is 5.23. The van der Waals surface area contributed by atoms with Gasteiger partial charge in [0.15, 0.2) is 0 Å². The smallest absolute Gasteiger partial charge is 0.173 e. The monoisotopic (exact) mass is 146 g/mol. The van der Waals surface area contributed by atoms with Crippen LogP contribution in [-0.4, -0.2) is 0 Å². The lowest BCUT2D eigenvalue weighted by Gasteiger charge is -2.18. The summed E-state index contributed by atoms with van der Waals surface area (Å²) in [5.41, 5.74) is -0.479. The largest absolute Gasteiger partial charge is 0.273 e. The Balaban J connectivity index is 4.71. The van der Waals surface area contributed by atoms with Crippen LogP contribution in [0.1, 0.15) is 20.8 Å². The van der Waals surface area contributed by atoms with Crippen molar-refractivity contribution in [3.63, 3.8) is 0 Å². The second-order valence-electron chi connectivity index (χ2n) is 3.13. The Morgan fingerprint density at radius 2 is 1.70 bits per heavy atom. The van der Waals surface area contributed by atoms with E-state index in [0.29, 0.717) is 0 Å². The van der Waals surface area contributed by atoms with Gasteiger partial charge < -0.3 is 0 Å². The first-order valence-corrected chi connectivity index (χ1v) is 3.07. The van der Waals surface area contributed by atoms with E-state index in [4.69, 9.17) is 0 Å². The van der Waals surface area contributed by atoms with Gasteiger partial charge in [-0.1, -0.05) is 33.4 Å². The summed E-state index contributed by atoms with van der Waals surface area (Å²) >= 11 is 0. The fourth-order valence-corrected chi connectivity index (χ4v) is 0.667. The summed E-state index contributed by atoms with van der Waals surface area (Å²) in [7, 11) is 0. The Morgan fingerprint density at radius 3 is 1.70 bits per heavy atom. The van der Waals surface area contributed by atoms with Gasteiger partial charge in [-0.05, 0) is 5.41 Å². The summed E-state index contributed by atoms with van der Waals surface area (Å²) in [6.07, 6.45) is -0.433. The molecule has 0 N–H and O–H groups in total. The van der Waals surface area contributed by atoms with Gasteiger partial charge in [-0.3, -0.25) is 0 Å². The molecule has 0 heterocycles. The number of rotatable bonds is 1. The number of allylic oxidation sites excluding steroid dienone is 2. The number of hydrogen-bond donors (Lipinski definition) is 0. The van der Waals surface area contributed by atoms with E-state index < -0.39 is 11.5 Å². The van der Waals surface area contributed by atoms with Gasteiger partial charge in [-0.2, -0.15) is 8.78 Å². The Hall–Kier alpha value is -0.660. The summed E-state index contributed by atoms with van der Waals surface area (Å²) in [4.78, 5) is 0. The van der Waals surface area contributed by atoms with Gasteiger partial charge in [0, 0.05) is 5.57 Å². The Labute approximate surface area is 60.2 Å². The molecule has 0 amide bonds. The van der Waals surface area contributed by atoms with Crippen molar-refractivity contribution in [1.29, 1.82) is 0 Å². The molecular weight excluding hydrogens is 134 g/mol. The summed E-state index contributed by atoms with van der Waals surface area (Å²) in [6, 6.07) is 0. The Bertz CT molecular complexity index is 157. The second kappa shape index (κ2) is 2.95. The highest BCUT2D eigenvalue weighted by atomic mass is 19.3. The summed E-state index contributed by atoms with van der Waals surface area (Å²) < 4.78 is 24.0. The van der Waals surface area contributed by atoms with Crippen LogP contribution < -0.4 is 0 Å². The van der Waals surface area contributed by atoms with Crippen LogP contribution in [0.4, 0.5) is 8.78 Å². The molecule has 10 heavy (non-hydrogen) atoms. The lowest BCUT2D eigenvalue weighted by molar-refractivity contribution is 0.379. The van der Waals surface area contributed by atoms with Crippen molar-refractivity contribution in [2.45, 2.75) is 20.8 Å². The minimum absolute atomic E-state index is 0.0208. The molecule has 0 aromatic heterocycles. The lowest BCUT2D eigenvalue weighted by atomic mass is 9.87. The minimum atomic E-state index is -1.64. The van der Waals surface area contributed by atoms with E-state index in [9.17, 15) is 8.78 Å². The van der Waals surface area contributed by atoms with Crippen LogP contribution in [0.3, 0.4) is 0 Å². The van der Waals surface area contributed by atoms with Crippen LogP contribution in [0.2, 0.25) is 0 Å². The molecule has 0 aliphatic rings. The van der Waals surface area contributed by atoms with Crippen LogP contribution in [0, 0.1) is 5.41 Å². The zero-order valence-corrected chi connectivity index (χ0v) is 6.54. The maximum atomic E-state index is 12.0. The lowest BCUT2D eigenvalue weighted by Crippen LogP contribution is -2.07. The summed E-state index contributed by atoms with van der Waals surface area (Å²) in [6.45, 7) is 8.49. The molecule has 0 saturated heterocycles. The minimum Gasteiger partial charge on any atom is -0.173 e. The van der Waals surface area contributed by atoms with Crippen molar-refractivity contribution in [2.24, 2.45) is 5.41 Å². The van der Waals surface area contributed by atoms with E-state index in [1.165, 1.54) is 6.08 Å². The third-order valence-electron chi connectivity index (χ3n) is 1.22. The fraction of sp³-hybridized carbons (Fsp3) is 0.500. The molecule has 0 radical (unpaired) electrons. The van der Waals surface area contributed by atoms with E-state index in [2.05, 4.69) is 6.58 Å². The van der Waals surface area contributed by atoms with Crippen molar-refractivity contribution >= 4 is 0 Å². The van der Waals surface area contributed by atoms with Crippen molar-refractivity contribution in [3.8, 4) is 0 Å². The van der Waals surface area contributed by atoms with Gasteiger partial charge in [0.25, 0.3) is 6.08 Å². The molecule has 0 aliphatic heterocycles. The van der Waals surface area contributed by atoms with E-state index in [-0.39, 0.29) is 5.57 Å². The van der Waals surface area contributed by atoms with Crippen LogP contribution in [-0.2, 0) is 0 Å². The molecule has 0 rings (SSSR count). The highest BCUT2D eigenvalue weighted by Crippen LogP contribution is 2.29. The molecular formula is C8H12F2. The summed E-state index contributed by atoms with van der Waals surface area (Å²) in [5.74, 6) is 0. The molecule has 0 aliphatic carbocycles. The van der Waals surface area contributed by atoms with Crippen molar-refractivity contribution in [1.82, 2.24) is 0 Å². The zero-order chi connectivity index (χ0) is 8.36. The van der Waals surface area contributed by atoms with E-state index in [1.54, 1.807) is 20.8 Å². The van der Waals surface area contributed by atoms with Gasteiger partial charge in [0.1, 0.15) is 0 Å². The first-order chi connectivity index (χ1) is 4.39. The van der Waals surface area contributed by atoms with Crippen molar-refractivity contribution < 1.29 is 8.78 Å². The highest BCUT2D eigenvalue weighted by Gasteiger charge is 2.18. The van der Waals surface area contributed by atoms with Crippen LogP contribution >= 0.6 is 0 Å². The second-order valence-corrected chi connectivity index (χ2v) is 3.13. The van der Waals surface area contributed by atoms with E-state index in [1.807, 2.05) is 0 Å². The first kappa shape index (κ1) is 9.34. The molecule has 0 saturated carbocycles. The maximum absolute atomic E-state index is 12.0. The Kier molecular flexibility index (Phi) is 2.76. The van der Waals surface area contributed by atoms with Gasteiger partial charge in [0.2, 0.25) is 0 Å². The number of halogens is 2. The molecule has 0 aromatic carbocycles. The van der Waals surface area contributed by atoms with Gasteiger partial charge in [0.05, 0.1) is 0 Å². The third-order valence-corrected chi connectivity index (χ3v) is 1.22. The normalized spacial score (nSPS) is 10.9. The average Bonchev–Trinajstić information content (AvgIpc) is 1.60. The quantitative estimate of drug-likeness (QED) is 0.497. The predicted molar refractivity (Wildman–Crippen MR) is 38.9 cm³/mol. The molecule has 0 spiro atoms. The molecule has 0 bridgehead atoms. The van der Waals surface area contributed by atoms with E-state index in [0.717, 1.165) is 0 Å². The van der Waals surface area contributed by atoms with Crippen LogP contribution in [0.5, 0.6) is 0 Å². The zero-order valence-electron chi connectivity index (χ0n) is 6.54. The fourth-order valence-electron chi connectivity index (χ4n) is 0.667. The Morgan fingerprint density at radius 1 is 1.30 bits per heavy atom. The molecule has 58 valence electrons.